The van der Waals surface area contributed by atoms with E-state index in [4.69, 9.17) is 18.9 Å². The van der Waals surface area contributed by atoms with Crippen LogP contribution < -0.4 is 5.32 Å². The van der Waals surface area contributed by atoms with Crippen molar-refractivity contribution in [2.45, 2.75) is 434 Å². The maximum absolute atomic E-state index is 13.3. The average Bonchev–Trinajstić information content (AvgIpc) is 3.57. The van der Waals surface area contributed by atoms with E-state index >= 15 is 0 Å². The van der Waals surface area contributed by atoms with Crippen molar-refractivity contribution in [2.24, 2.45) is 0 Å². The van der Waals surface area contributed by atoms with Gasteiger partial charge in [0.15, 0.2) is 12.6 Å². The number of amides is 1. The number of hydrogen-bond donors (Lipinski definition) is 9. The number of aliphatic hydroxyl groups excluding tert-OH is 8. The molecule has 0 radical (unpaired) electrons. The minimum Gasteiger partial charge on any atom is -0.394 e. The zero-order chi connectivity index (χ0) is 65.2. The molecule has 2 heterocycles. The number of rotatable bonds is 65. The van der Waals surface area contributed by atoms with E-state index in [-0.39, 0.29) is 18.9 Å². The highest BCUT2D eigenvalue weighted by Gasteiger charge is 2.51. The number of ether oxygens (including phenoxy) is 4. The molecule has 0 spiro atoms. The first kappa shape index (κ1) is 84.6. The van der Waals surface area contributed by atoms with Gasteiger partial charge in [-0.25, -0.2) is 0 Å². The first-order chi connectivity index (χ1) is 44.1. The molecule has 14 heteroatoms. The van der Waals surface area contributed by atoms with E-state index in [0.717, 1.165) is 32.1 Å². The molecule has 2 rings (SSSR count). The summed E-state index contributed by atoms with van der Waals surface area (Å²) in [5.41, 5.74) is 0. The molecule has 0 saturated carbocycles. The topological polar surface area (TPSA) is 228 Å². The molecule has 0 aromatic rings. The van der Waals surface area contributed by atoms with Gasteiger partial charge in [0.2, 0.25) is 5.91 Å². The second kappa shape index (κ2) is 61.1. The molecule has 9 N–H and O–H groups in total. The van der Waals surface area contributed by atoms with Gasteiger partial charge in [-0.3, -0.25) is 4.79 Å². The van der Waals surface area contributed by atoms with Crippen LogP contribution in [0.5, 0.6) is 0 Å². The molecule has 2 aliphatic rings. The molecular weight excluding hydrogens is 1130 g/mol. The van der Waals surface area contributed by atoms with Crippen LogP contribution in [0.1, 0.15) is 361 Å². The number of nitrogens with one attached hydrogen (secondary N) is 1. The van der Waals surface area contributed by atoms with Gasteiger partial charge in [-0.2, -0.15) is 0 Å². The first-order valence-corrected chi connectivity index (χ1v) is 38.6. The quantitative estimate of drug-likeness (QED) is 0.0204. The Bertz CT molecular complexity index is 1600. The third-order valence-corrected chi connectivity index (χ3v) is 19.1. The van der Waals surface area contributed by atoms with Crippen LogP contribution in [-0.2, 0) is 23.7 Å². The number of aliphatic hydroxyl groups is 8. The molecular formula is C76H145NO13. The van der Waals surface area contributed by atoms with Crippen molar-refractivity contribution < 1.29 is 64.6 Å². The fourth-order valence-corrected chi connectivity index (χ4v) is 13.0. The highest BCUT2D eigenvalue weighted by atomic mass is 16.7. The Morgan fingerprint density at radius 3 is 1.09 bits per heavy atom. The molecule has 0 aromatic heterocycles. The van der Waals surface area contributed by atoms with Crippen LogP contribution in [0.2, 0.25) is 0 Å². The summed E-state index contributed by atoms with van der Waals surface area (Å²) in [6, 6.07) is -0.929. The van der Waals surface area contributed by atoms with E-state index in [9.17, 15) is 45.6 Å². The highest BCUT2D eigenvalue weighted by molar-refractivity contribution is 5.76. The lowest BCUT2D eigenvalue weighted by Gasteiger charge is -2.46. The zero-order valence-electron chi connectivity index (χ0n) is 58.2. The van der Waals surface area contributed by atoms with Crippen molar-refractivity contribution in [3.8, 4) is 0 Å². The summed E-state index contributed by atoms with van der Waals surface area (Å²) in [5, 5.41) is 87.4. The standard InChI is InChI=1S/C76H145NO13/c1-3-5-7-9-11-13-15-17-19-21-23-24-25-26-27-28-29-30-31-32-33-34-35-36-37-38-39-40-41-42-44-46-48-50-52-54-56-58-60-68(81)77-64(65(80)59-57-55-53-51-49-47-45-43-22-20-18-16-14-12-10-8-6-4-2)63-87-75-73(86)71(84)74(67(62-79)89-75)90-76-72(85)70(83)69(82)66(61-78)88-76/h49,51,57,59,64-67,69-76,78-80,82-86H,3-48,50,52-56,58,60-63H2,1-2H3,(H,77,81)/b51-49+,59-57+. The van der Waals surface area contributed by atoms with E-state index in [1.165, 1.54) is 295 Å². The van der Waals surface area contributed by atoms with Gasteiger partial charge in [0.05, 0.1) is 32.0 Å². The van der Waals surface area contributed by atoms with Crippen molar-refractivity contribution in [2.75, 3.05) is 19.8 Å². The third kappa shape index (κ3) is 44.3. The van der Waals surface area contributed by atoms with Gasteiger partial charge in [-0.15, -0.1) is 0 Å². The van der Waals surface area contributed by atoms with E-state index in [2.05, 4.69) is 31.3 Å². The lowest BCUT2D eigenvalue weighted by atomic mass is 9.97. The fraction of sp³-hybridized carbons (Fsp3) is 0.934. The summed E-state index contributed by atoms with van der Waals surface area (Å²) in [6.07, 6.45) is 61.4. The molecule has 2 saturated heterocycles. The third-order valence-electron chi connectivity index (χ3n) is 19.1. The Kier molecular flexibility index (Phi) is 57.4. The Labute approximate surface area is 551 Å². The largest absolute Gasteiger partial charge is 0.394 e. The molecule has 12 atom stereocenters. The molecule has 14 nitrogen and oxygen atoms in total. The zero-order valence-corrected chi connectivity index (χ0v) is 58.2. The van der Waals surface area contributed by atoms with Crippen LogP contribution >= 0.6 is 0 Å². The summed E-state index contributed by atoms with van der Waals surface area (Å²) in [4.78, 5) is 13.3. The Hall–Kier alpha value is -1.53. The average molecular weight is 1280 g/mol. The van der Waals surface area contributed by atoms with E-state index in [1.54, 1.807) is 6.08 Å². The lowest BCUT2D eigenvalue weighted by Crippen LogP contribution is -2.65. The smallest absolute Gasteiger partial charge is 0.220 e. The molecule has 12 unspecified atom stereocenters. The maximum Gasteiger partial charge on any atom is 0.220 e. The van der Waals surface area contributed by atoms with Crippen LogP contribution in [0.3, 0.4) is 0 Å². The van der Waals surface area contributed by atoms with Crippen LogP contribution in [0.4, 0.5) is 0 Å². The molecule has 90 heavy (non-hydrogen) atoms. The number of allylic oxidation sites excluding steroid dienone is 3. The predicted octanol–water partition coefficient (Wildman–Crippen LogP) is 16.7. The number of unbranched alkanes of at least 4 members (excludes halogenated alkanes) is 50. The van der Waals surface area contributed by atoms with Gasteiger partial charge >= 0.3 is 0 Å². The summed E-state index contributed by atoms with van der Waals surface area (Å²) in [7, 11) is 0. The molecule has 0 bridgehead atoms. The minimum atomic E-state index is -1.79. The number of hydrogen-bond acceptors (Lipinski definition) is 13. The Balaban J connectivity index is 1.57. The molecule has 532 valence electrons. The molecule has 0 aromatic carbocycles. The van der Waals surface area contributed by atoms with Crippen LogP contribution in [0, 0.1) is 0 Å². The molecule has 0 aliphatic carbocycles. The summed E-state index contributed by atoms with van der Waals surface area (Å²) in [5.74, 6) is -0.241. The van der Waals surface area contributed by atoms with Crippen molar-refractivity contribution in [1.29, 1.82) is 0 Å². The molecule has 1 amide bonds. The predicted molar refractivity (Wildman–Crippen MR) is 369 cm³/mol. The number of carbonyl (C=O) groups excluding carboxylic acids is 1. The normalized spacial score (nSPS) is 23.0. The minimum absolute atomic E-state index is 0.241. The monoisotopic (exact) mass is 1280 g/mol. The Morgan fingerprint density at radius 1 is 0.389 bits per heavy atom. The maximum atomic E-state index is 13.3. The second-order valence-electron chi connectivity index (χ2n) is 27.5. The van der Waals surface area contributed by atoms with Crippen LogP contribution in [-0.4, -0.2) is 140 Å². The van der Waals surface area contributed by atoms with Gasteiger partial charge in [0.25, 0.3) is 0 Å². The van der Waals surface area contributed by atoms with E-state index < -0.39 is 86.8 Å². The van der Waals surface area contributed by atoms with Gasteiger partial charge in [0.1, 0.15) is 48.8 Å². The Morgan fingerprint density at radius 2 is 0.711 bits per heavy atom. The summed E-state index contributed by atoms with van der Waals surface area (Å²) >= 11 is 0. The first-order valence-electron chi connectivity index (χ1n) is 38.6. The van der Waals surface area contributed by atoms with Gasteiger partial charge in [0, 0.05) is 6.42 Å². The second-order valence-corrected chi connectivity index (χ2v) is 27.5. The van der Waals surface area contributed by atoms with Gasteiger partial charge < -0.3 is 65.1 Å². The highest BCUT2D eigenvalue weighted by Crippen LogP contribution is 2.30. The van der Waals surface area contributed by atoms with Crippen molar-refractivity contribution in [3.05, 3.63) is 24.3 Å². The lowest BCUT2D eigenvalue weighted by molar-refractivity contribution is -0.359. The number of carbonyl (C=O) groups is 1. The molecule has 2 aliphatic heterocycles. The van der Waals surface area contributed by atoms with E-state index in [0.29, 0.717) is 12.8 Å². The van der Waals surface area contributed by atoms with E-state index in [1.807, 2.05) is 6.08 Å². The van der Waals surface area contributed by atoms with Crippen LogP contribution in [0.25, 0.3) is 0 Å². The molecule has 2 fully saturated rings. The van der Waals surface area contributed by atoms with Gasteiger partial charge in [-0.05, 0) is 32.1 Å². The van der Waals surface area contributed by atoms with Crippen molar-refractivity contribution >= 4 is 5.91 Å². The summed E-state index contributed by atoms with van der Waals surface area (Å²) < 4.78 is 22.9. The van der Waals surface area contributed by atoms with Gasteiger partial charge in [-0.1, -0.05) is 346 Å². The van der Waals surface area contributed by atoms with Crippen molar-refractivity contribution in [1.82, 2.24) is 5.32 Å². The SMILES string of the molecule is CCCCCCCCCCCCCC/C=C/CC/C=C/C(O)C(COC1OC(CO)C(OC2OC(CO)C(O)C(O)C2O)C(O)C1O)NC(=O)CCCCCCCCCCCCCCCCCCCCCCCCCCCCCCCCCCCCCCCC. The van der Waals surface area contributed by atoms with Crippen LogP contribution in [0.15, 0.2) is 24.3 Å². The fourth-order valence-electron chi connectivity index (χ4n) is 13.0. The van der Waals surface area contributed by atoms with Crippen molar-refractivity contribution in [3.63, 3.8) is 0 Å². The summed E-state index contributed by atoms with van der Waals surface area (Å²) in [6.45, 7) is 2.84.